The molecule has 0 saturated carbocycles. The van der Waals surface area contributed by atoms with E-state index in [0.29, 0.717) is 18.1 Å². The number of rotatable bonds is 2. The van der Waals surface area contributed by atoms with Gasteiger partial charge in [-0.2, -0.15) is 0 Å². The van der Waals surface area contributed by atoms with Crippen molar-refractivity contribution in [2.45, 2.75) is 19.4 Å². The van der Waals surface area contributed by atoms with E-state index < -0.39 is 0 Å². The zero-order chi connectivity index (χ0) is 8.97. The third-order valence-electron chi connectivity index (χ3n) is 1.61. The number of aliphatic imine (C=N–C) groups is 1. The van der Waals surface area contributed by atoms with Gasteiger partial charge in [0.1, 0.15) is 5.84 Å². The fraction of sp³-hybridized carbons (Fsp3) is 0.625. The van der Waals surface area contributed by atoms with E-state index in [9.17, 15) is 0 Å². The lowest BCUT2D eigenvalue weighted by Gasteiger charge is -2.00. The number of amidine groups is 1. The summed E-state index contributed by atoms with van der Waals surface area (Å²) in [4.78, 5) is 4.23. The maximum Gasteiger partial charge on any atom is 0.120 e. The largest absolute Gasteiger partial charge is 0.402 e. The van der Waals surface area contributed by atoms with Crippen molar-refractivity contribution in [1.82, 2.24) is 0 Å². The van der Waals surface area contributed by atoms with E-state index in [-0.39, 0.29) is 6.04 Å². The van der Waals surface area contributed by atoms with Gasteiger partial charge in [0, 0.05) is 12.3 Å². The molecule has 1 unspecified atom stereocenters. The second kappa shape index (κ2) is 4.11. The zero-order valence-corrected chi connectivity index (χ0v) is 7.29. The summed E-state index contributed by atoms with van der Waals surface area (Å²) < 4.78 is 5.15. The first-order valence-corrected chi connectivity index (χ1v) is 4.03. The first-order chi connectivity index (χ1) is 5.68. The topological polar surface area (TPSA) is 73.6 Å². The third kappa shape index (κ3) is 2.92. The van der Waals surface area contributed by atoms with Gasteiger partial charge in [-0.3, -0.25) is 4.99 Å². The minimum Gasteiger partial charge on any atom is -0.402 e. The van der Waals surface area contributed by atoms with Crippen LogP contribution in [0.15, 0.2) is 16.8 Å². The lowest BCUT2D eigenvalue weighted by atomic mass is 10.3. The lowest BCUT2D eigenvalue weighted by molar-refractivity contribution is 0.194. The number of hydrogen-bond acceptors (Lipinski definition) is 3. The Morgan fingerprint density at radius 2 is 2.33 bits per heavy atom. The maximum atomic E-state index is 5.59. The summed E-state index contributed by atoms with van der Waals surface area (Å²) in [6.45, 7) is 3.25. The predicted molar refractivity (Wildman–Crippen MR) is 48.8 cm³/mol. The molecule has 0 bridgehead atoms. The highest BCUT2D eigenvalue weighted by Gasteiger charge is 2.13. The second-order valence-corrected chi connectivity index (χ2v) is 2.96. The summed E-state index contributed by atoms with van der Waals surface area (Å²) in [6, 6.07) is 0.223. The molecule has 0 radical (unpaired) electrons. The molecule has 0 aromatic carbocycles. The molecule has 0 aromatic heterocycles. The Labute approximate surface area is 72.3 Å². The predicted octanol–water partition coefficient (Wildman–Crippen LogP) is -0.00500. The minimum atomic E-state index is 0.223. The van der Waals surface area contributed by atoms with Gasteiger partial charge in [-0.25, -0.2) is 0 Å². The summed E-state index contributed by atoms with van der Waals surface area (Å²) in [7, 11) is 0. The summed E-state index contributed by atoms with van der Waals surface area (Å²) in [5, 5.41) is 0. The highest BCUT2D eigenvalue weighted by molar-refractivity contribution is 5.91. The quantitative estimate of drug-likeness (QED) is 0.451. The number of ether oxygens (including phenoxy) is 1. The summed E-state index contributed by atoms with van der Waals surface area (Å²) in [5.74, 6) is 0.491. The van der Waals surface area contributed by atoms with Crippen LogP contribution in [0.2, 0.25) is 0 Å². The van der Waals surface area contributed by atoms with Crippen LogP contribution >= 0.6 is 0 Å². The molecule has 1 aliphatic rings. The van der Waals surface area contributed by atoms with Gasteiger partial charge in [0.2, 0.25) is 0 Å². The van der Waals surface area contributed by atoms with E-state index >= 15 is 0 Å². The molecule has 1 atom stereocenters. The van der Waals surface area contributed by atoms with Gasteiger partial charge in [-0.1, -0.05) is 0 Å². The smallest absolute Gasteiger partial charge is 0.120 e. The molecule has 0 aliphatic carbocycles. The van der Waals surface area contributed by atoms with Crippen molar-refractivity contribution >= 4 is 5.84 Å². The normalized spacial score (nSPS) is 26.2. The van der Waals surface area contributed by atoms with Gasteiger partial charge < -0.3 is 16.2 Å². The van der Waals surface area contributed by atoms with E-state index in [4.69, 9.17) is 16.2 Å². The lowest BCUT2D eigenvalue weighted by Crippen LogP contribution is -2.15. The van der Waals surface area contributed by atoms with Crippen molar-refractivity contribution in [3.8, 4) is 0 Å². The Morgan fingerprint density at radius 3 is 2.83 bits per heavy atom. The van der Waals surface area contributed by atoms with Crippen LogP contribution in [-0.2, 0) is 4.74 Å². The van der Waals surface area contributed by atoms with E-state index in [2.05, 4.69) is 4.99 Å². The van der Waals surface area contributed by atoms with Crippen LogP contribution in [0.5, 0.6) is 0 Å². The minimum absolute atomic E-state index is 0.223. The van der Waals surface area contributed by atoms with E-state index in [1.165, 1.54) is 0 Å². The second-order valence-electron chi connectivity index (χ2n) is 2.96. The molecule has 1 fully saturated rings. The van der Waals surface area contributed by atoms with Crippen LogP contribution in [0, 0.1) is 0 Å². The van der Waals surface area contributed by atoms with Gasteiger partial charge in [0.25, 0.3) is 0 Å². The van der Waals surface area contributed by atoms with Crippen molar-refractivity contribution in [2.75, 3.05) is 13.2 Å². The van der Waals surface area contributed by atoms with E-state index in [1.807, 2.05) is 0 Å². The fourth-order valence-electron chi connectivity index (χ4n) is 1.11. The molecular weight excluding hydrogens is 154 g/mol. The van der Waals surface area contributed by atoms with Crippen LogP contribution in [0.3, 0.4) is 0 Å². The van der Waals surface area contributed by atoms with Gasteiger partial charge in [-0.05, 0) is 19.4 Å². The number of nitrogens with zero attached hydrogens (tertiary/aromatic N) is 1. The van der Waals surface area contributed by atoms with Gasteiger partial charge in [-0.15, -0.1) is 0 Å². The maximum absolute atomic E-state index is 5.59. The molecule has 68 valence electrons. The third-order valence-corrected chi connectivity index (χ3v) is 1.61. The van der Waals surface area contributed by atoms with Gasteiger partial charge in [0.05, 0.1) is 12.6 Å². The average molecular weight is 169 g/mol. The highest BCUT2D eigenvalue weighted by Crippen LogP contribution is 2.07. The molecule has 1 rings (SSSR count). The van der Waals surface area contributed by atoms with Gasteiger partial charge >= 0.3 is 0 Å². The Hall–Kier alpha value is -1.03. The summed E-state index contributed by atoms with van der Waals surface area (Å²) in [5.41, 5.74) is 11.7. The van der Waals surface area contributed by atoms with Crippen LogP contribution < -0.4 is 11.5 Å². The number of hydrogen-bond donors (Lipinski definition) is 2. The molecule has 1 saturated heterocycles. The molecule has 0 aromatic rings. The van der Waals surface area contributed by atoms with E-state index in [0.717, 1.165) is 13.0 Å². The molecule has 0 amide bonds. The number of nitrogens with two attached hydrogens (primary N) is 2. The van der Waals surface area contributed by atoms with Gasteiger partial charge in [0.15, 0.2) is 0 Å². The zero-order valence-electron chi connectivity index (χ0n) is 7.29. The molecule has 4 nitrogen and oxygen atoms in total. The average Bonchev–Trinajstić information content (AvgIpc) is 2.37. The molecule has 1 aliphatic heterocycles. The summed E-state index contributed by atoms with van der Waals surface area (Å²) in [6.07, 6.45) is 2.62. The van der Waals surface area contributed by atoms with Crippen LogP contribution in [-0.4, -0.2) is 25.1 Å². The number of allylic oxidation sites excluding steroid dienone is 1. The van der Waals surface area contributed by atoms with Crippen LogP contribution in [0.4, 0.5) is 0 Å². The van der Waals surface area contributed by atoms with Crippen molar-refractivity contribution < 1.29 is 4.74 Å². The molecule has 4 heteroatoms. The standard InChI is InChI=1S/C8H15N3O/c1-6(9)4-8(10)11-7-2-3-12-5-7/h4,7H,2-3,5,9H2,1H3,(H2,10,11)/b6-4-. The SMILES string of the molecule is C/C(N)=C/C(N)=NC1CCOC1. The summed E-state index contributed by atoms with van der Waals surface area (Å²) >= 11 is 0. The Kier molecular flexibility index (Phi) is 3.10. The van der Waals surface area contributed by atoms with Crippen molar-refractivity contribution in [3.05, 3.63) is 11.8 Å². The Bertz CT molecular complexity index is 200. The van der Waals surface area contributed by atoms with Crippen LogP contribution in [0.1, 0.15) is 13.3 Å². The molecular formula is C8H15N3O. The first-order valence-electron chi connectivity index (χ1n) is 4.03. The molecule has 4 N–H and O–H groups in total. The molecule has 0 spiro atoms. The fourth-order valence-corrected chi connectivity index (χ4v) is 1.11. The Balaban J connectivity index is 2.49. The van der Waals surface area contributed by atoms with Crippen molar-refractivity contribution in [3.63, 3.8) is 0 Å². The Morgan fingerprint density at radius 1 is 1.58 bits per heavy atom. The molecule has 1 heterocycles. The molecule has 12 heavy (non-hydrogen) atoms. The van der Waals surface area contributed by atoms with E-state index in [1.54, 1.807) is 13.0 Å². The monoisotopic (exact) mass is 169 g/mol. The van der Waals surface area contributed by atoms with Crippen molar-refractivity contribution in [1.29, 1.82) is 0 Å². The van der Waals surface area contributed by atoms with Crippen LogP contribution in [0.25, 0.3) is 0 Å². The highest BCUT2D eigenvalue weighted by atomic mass is 16.5. The first kappa shape index (κ1) is 9.06. The van der Waals surface area contributed by atoms with Crippen molar-refractivity contribution in [2.24, 2.45) is 16.5 Å².